The Morgan fingerprint density at radius 1 is 1.13 bits per heavy atom. The SMILES string of the molecule is N[C@H](C(=O)O)c1ccc(OCCn2ccc3ccccc32)cc1. The van der Waals surface area contributed by atoms with Gasteiger partial charge in [0.25, 0.3) is 0 Å². The molecule has 0 fully saturated rings. The maximum atomic E-state index is 10.8. The number of para-hydroxylation sites is 1. The molecule has 3 rings (SSSR count). The Morgan fingerprint density at radius 3 is 2.61 bits per heavy atom. The van der Waals surface area contributed by atoms with Crippen LogP contribution in [0, 0.1) is 0 Å². The first kappa shape index (κ1) is 15.1. The number of rotatable bonds is 6. The summed E-state index contributed by atoms with van der Waals surface area (Å²) in [4.78, 5) is 10.8. The molecule has 0 bridgehead atoms. The van der Waals surface area contributed by atoms with Crippen LogP contribution >= 0.6 is 0 Å². The zero-order valence-corrected chi connectivity index (χ0v) is 12.6. The molecule has 3 aromatic rings. The smallest absolute Gasteiger partial charge is 0.325 e. The normalized spacial score (nSPS) is 12.2. The van der Waals surface area contributed by atoms with E-state index in [1.165, 1.54) is 10.9 Å². The van der Waals surface area contributed by atoms with Crippen molar-refractivity contribution >= 4 is 16.9 Å². The van der Waals surface area contributed by atoms with Crippen LogP contribution in [0.15, 0.2) is 60.8 Å². The second-order valence-electron chi connectivity index (χ2n) is 5.30. The number of carboxylic acids is 1. The lowest BCUT2D eigenvalue weighted by Gasteiger charge is -2.10. The summed E-state index contributed by atoms with van der Waals surface area (Å²) in [6.07, 6.45) is 2.04. The van der Waals surface area contributed by atoms with Gasteiger partial charge < -0.3 is 20.1 Å². The number of nitrogens with two attached hydrogens (primary N) is 1. The summed E-state index contributed by atoms with van der Waals surface area (Å²) in [7, 11) is 0. The minimum atomic E-state index is -1.04. The van der Waals surface area contributed by atoms with Gasteiger partial charge in [0.05, 0.1) is 6.54 Å². The van der Waals surface area contributed by atoms with Gasteiger partial charge in [0.2, 0.25) is 0 Å². The number of benzene rings is 2. The molecule has 2 aromatic carbocycles. The molecule has 1 heterocycles. The molecule has 0 amide bonds. The Balaban J connectivity index is 1.59. The highest BCUT2D eigenvalue weighted by Crippen LogP contribution is 2.18. The van der Waals surface area contributed by atoms with E-state index in [1.54, 1.807) is 24.3 Å². The molecule has 3 N–H and O–H groups in total. The summed E-state index contributed by atoms with van der Waals surface area (Å²) in [5.41, 5.74) is 7.30. The van der Waals surface area contributed by atoms with Crippen molar-refractivity contribution in [2.24, 2.45) is 5.73 Å². The predicted octanol–water partition coefficient (Wildman–Crippen LogP) is 2.80. The van der Waals surface area contributed by atoms with Gasteiger partial charge in [-0.1, -0.05) is 30.3 Å². The third-order valence-electron chi connectivity index (χ3n) is 3.79. The fraction of sp³-hybridized carbons (Fsp3) is 0.167. The number of carboxylic acid groups (broad SMARTS) is 1. The molecule has 0 aliphatic rings. The Labute approximate surface area is 133 Å². The highest BCUT2D eigenvalue weighted by molar-refractivity contribution is 5.79. The number of hydrogen-bond donors (Lipinski definition) is 2. The highest BCUT2D eigenvalue weighted by Gasteiger charge is 2.13. The van der Waals surface area contributed by atoms with Crippen LogP contribution in [0.1, 0.15) is 11.6 Å². The van der Waals surface area contributed by atoms with Crippen LogP contribution in [0.2, 0.25) is 0 Å². The Kier molecular flexibility index (Phi) is 4.30. The van der Waals surface area contributed by atoms with Crippen molar-refractivity contribution < 1.29 is 14.6 Å². The van der Waals surface area contributed by atoms with Crippen LogP contribution in [0.4, 0.5) is 0 Å². The average Bonchev–Trinajstić information content (AvgIpc) is 2.98. The van der Waals surface area contributed by atoms with Crippen LogP contribution in [0.3, 0.4) is 0 Å². The fourth-order valence-electron chi connectivity index (χ4n) is 2.51. The molecule has 0 spiro atoms. The molecule has 1 aromatic heterocycles. The predicted molar refractivity (Wildman–Crippen MR) is 88.4 cm³/mol. The highest BCUT2D eigenvalue weighted by atomic mass is 16.5. The maximum Gasteiger partial charge on any atom is 0.325 e. The molecule has 5 heteroatoms. The molecule has 0 aliphatic heterocycles. The standard InChI is InChI=1S/C18H18N2O3/c19-17(18(21)22)14-5-7-15(8-6-14)23-12-11-20-10-9-13-3-1-2-4-16(13)20/h1-10,17H,11-12,19H2,(H,21,22)/t17-/m0/s1. The first-order chi connectivity index (χ1) is 11.1. The van der Waals surface area contributed by atoms with Gasteiger partial charge in [-0.15, -0.1) is 0 Å². The van der Waals surface area contributed by atoms with Crippen molar-refractivity contribution in [2.75, 3.05) is 6.61 Å². The molecular formula is C18H18N2O3. The summed E-state index contributed by atoms with van der Waals surface area (Å²) in [5, 5.41) is 10.1. The zero-order valence-electron chi connectivity index (χ0n) is 12.6. The lowest BCUT2D eigenvalue weighted by atomic mass is 10.1. The fourth-order valence-corrected chi connectivity index (χ4v) is 2.51. The summed E-state index contributed by atoms with van der Waals surface area (Å²) in [5.74, 6) is -0.346. The molecule has 23 heavy (non-hydrogen) atoms. The van der Waals surface area contributed by atoms with E-state index >= 15 is 0 Å². The van der Waals surface area contributed by atoms with Gasteiger partial charge in [-0.3, -0.25) is 4.79 Å². The molecule has 0 aliphatic carbocycles. The Morgan fingerprint density at radius 2 is 1.87 bits per heavy atom. The third kappa shape index (κ3) is 3.35. The van der Waals surface area contributed by atoms with Crippen molar-refractivity contribution in [3.63, 3.8) is 0 Å². The van der Waals surface area contributed by atoms with Crippen LogP contribution in [0.5, 0.6) is 5.75 Å². The number of hydrogen-bond acceptors (Lipinski definition) is 3. The van der Waals surface area contributed by atoms with Crippen molar-refractivity contribution in [1.82, 2.24) is 4.57 Å². The van der Waals surface area contributed by atoms with E-state index in [0.717, 1.165) is 6.54 Å². The number of aliphatic carboxylic acids is 1. The molecule has 0 saturated carbocycles. The number of ether oxygens (including phenoxy) is 1. The van der Waals surface area contributed by atoms with Gasteiger partial charge in [0.15, 0.2) is 0 Å². The number of fused-ring (bicyclic) bond motifs is 1. The van der Waals surface area contributed by atoms with E-state index in [0.29, 0.717) is 17.9 Å². The Bertz CT molecular complexity index is 809. The van der Waals surface area contributed by atoms with Gasteiger partial charge >= 0.3 is 5.97 Å². The van der Waals surface area contributed by atoms with Gasteiger partial charge in [-0.25, -0.2) is 0 Å². The summed E-state index contributed by atoms with van der Waals surface area (Å²) in [6, 6.07) is 16.1. The van der Waals surface area contributed by atoms with Gasteiger partial charge in [0, 0.05) is 11.7 Å². The molecule has 0 unspecified atom stereocenters. The quantitative estimate of drug-likeness (QED) is 0.734. The summed E-state index contributed by atoms with van der Waals surface area (Å²) < 4.78 is 7.86. The molecule has 0 radical (unpaired) electrons. The van der Waals surface area contributed by atoms with Gasteiger partial charge in [-0.2, -0.15) is 0 Å². The van der Waals surface area contributed by atoms with Gasteiger partial charge in [0.1, 0.15) is 18.4 Å². The van der Waals surface area contributed by atoms with E-state index in [2.05, 4.69) is 22.8 Å². The number of nitrogens with zero attached hydrogens (tertiary/aromatic N) is 1. The third-order valence-corrected chi connectivity index (χ3v) is 3.79. The van der Waals surface area contributed by atoms with E-state index in [9.17, 15) is 4.79 Å². The molecule has 5 nitrogen and oxygen atoms in total. The second kappa shape index (κ2) is 6.54. The largest absolute Gasteiger partial charge is 0.492 e. The van der Waals surface area contributed by atoms with Crippen LogP contribution in [0.25, 0.3) is 10.9 Å². The summed E-state index contributed by atoms with van der Waals surface area (Å²) in [6.45, 7) is 1.27. The lowest BCUT2D eigenvalue weighted by Crippen LogP contribution is -2.20. The monoisotopic (exact) mass is 310 g/mol. The van der Waals surface area contributed by atoms with Gasteiger partial charge in [-0.05, 0) is 35.2 Å². The molecular weight excluding hydrogens is 292 g/mol. The van der Waals surface area contributed by atoms with E-state index in [-0.39, 0.29) is 0 Å². The second-order valence-corrected chi connectivity index (χ2v) is 5.30. The summed E-state index contributed by atoms with van der Waals surface area (Å²) >= 11 is 0. The molecule has 1 atom stereocenters. The van der Waals surface area contributed by atoms with Crippen LogP contribution < -0.4 is 10.5 Å². The number of aromatic nitrogens is 1. The van der Waals surface area contributed by atoms with Crippen LogP contribution in [-0.4, -0.2) is 22.2 Å². The zero-order chi connectivity index (χ0) is 16.2. The van der Waals surface area contributed by atoms with E-state index < -0.39 is 12.0 Å². The molecule has 0 saturated heterocycles. The van der Waals surface area contributed by atoms with Crippen molar-refractivity contribution in [1.29, 1.82) is 0 Å². The maximum absolute atomic E-state index is 10.8. The minimum absolute atomic E-state index is 0.531. The average molecular weight is 310 g/mol. The van der Waals surface area contributed by atoms with Crippen molar-refractivity contribution in [3.8, 4) is 5.75 Å². The molecule has 118 valence electrons. The topological polar surface area (TPSA) is 77.5 Å². The first-order valence-corrected chi connectivity index (χ1v) is 7.40. The van der Waals surface area contributed by atoms with E-state index in [4.69, 9.17) is 15.6 Å². The van der Waals surface area contributed by atoms with Crippen LogP contribution in [-0.2, 0) is 11.3 Å². The van der Waals surface area contributed by atoms with Crippen molar-refractivity contribution in [2.45, 2.75) is 12.6 Å². The minimum Gasteiger partial charge on any atom is -0.492 e. The van der Waals surface area contributed by atoms with E-state index in [1.807, 2.05) is 18.3 Å². The van der Waals surface area contributed by atoms with Crippen molar-refractivity contribution in [3.05, 3.63) is 66.4 Å². The number of carbonyl (C=O) groups is 1. The Hall–Kier alpha value is -2.79. The lowest BCUT2D eigenvalue weighted by molar-refractivity contribution is -0.138. The first-order valence-electron chi connectivity index (χ1n) is 7.40.